The average molecular weight is 460 g/mol. The zero-order valence-corrected chi connectivity index (χ0v) is 18.3. The Labute approximate surface area is 193 Å². The van der Waals surface area contributed by atoms with E-state index in [1.54, 1.807) is 12.1 Å². The smallest absolute Gasteiger partial charge is 0.433 e. The number of aromatic nitrogens is 4. The summed E-state index contributed by atoms with van der Waals surface area (Å²) in [6.07, 6.45) is -3.29. The minimum atomic E-state index is -4.67. The van der Waals surface area contributed by atoms with E-state index in [9.17, 15) is 13.2 Å². The molecule has 0 saturated carbocycles. The molecule has 3 aromatic heterocycles. The highest BCUT2D eigenvalue weighted by Gasteiger charge is 2.34. The number of nitrogens with zero attached hydrogens (tertiary/aromatic N) is 4. The Balaban J connectivity index is 1.76. The van der Waals surface area contributed by atoms with Crippen molar-refractivity contribution in [1.82, 2.24) is 19.7 Å². The van der Waals surface area contributed by atoms with Crippen LogP contribution in [0.4, 0.5) is 13.2 Å². The summed E-state index contributed by atoms with van der Waals surface area (Å²) in [5, 5.41) is 4.64. The second-order valence-corrected chi connectivity index (χ2v) is 7.98. The summed E-state index contributed by atoms with van der Waals surface area (Å²) in [6.45, 7) is 3.91. The highest BCUT2D eigenvalue weighted by Crippen LogP contribution is 2.33. The molecular formula is C26H19F3N4O. The van der Waals surface area contributed by atoms with E-state index in [0.717, 1.165) is 28.3 Å². The molecule has 5 rings (SSSR count). The summed E-state index contributed by atoms with van der Waals surface area (Å²) in [6, 6.07) is 21.2. The van der Waals surface area contributed by atoms with Crippen LogP contribution in [0, 0.1) is 13.8 Å². The van der Waals surface area contributed by atoms with Gasteiger partial charge in [0.05, 0.1) is 17.7 Å². The Morgan fingerprint density at radius 1 is 0.765 bits per heavy atom. The van der Waals surface area contributed by atoms with E-state index >= 15 is 0 Å². The van der Waals surface area contributed by atoms with E-state index in [4.69, 9.17) is 4.42 Å². The summed E-state index contributed by atoms with van der Waals surface area (Å²) < 4.78 is 47.9. The Morgan fingerprint density at radius 3 is 2.12 bits per heavy atom. The summed E-state index contributed by atoms with van der Waals surface area (Å²) >= 11 is 0. The molecule has 0 aliphatic carbocycles. The van der Waals surface area contributed by atoms with E-state index in [-0.39, 0.29) is 17.4 Å². The van der Waals surface area contributed by atoms with E-state index in [1.807, 2.05) is 68.4 Å². The van der Waals surface area contributed by atoms with Gasteiger partial charge in [0, 0.05) is 11.1 Å². The highest BCUT2D eigenvalue weighted by atomic mass is 19.4. The van der Waals surface area contributed by atoms with Crippen molar-refractivity contribution in [2.45, 2.75) is 20.0 Å². The molecule has 0 unspecified atom stereocenters. The lowest BCUT2D eigenvalue weighted by Gasteiger charge is -2.11. The molecule has 0 radical (unpaired) electrons. The van der Waals surface area contributed by atoms with E-state index in [1.165, 1.54) is 10.9 Å². The molecule has 0 amide bonds. The molecule has 5 nitrogen and oxygen atoms in total. The lowest BCUT2D eigenvalue weighted by atomic mass is 10.1. The third-order valence-electron chi connectivity index (χ3n) is 5.30. The summed E-state index contributed by atoms with van der Waals surface area (Å²) in [5.74, 6) is 0.00829. The normalized spacial score (nSPS) is 11.7. The van der Waals surface area contributed by atoms with Crippen LogP contribution in [0.15, 0.2) is 83.5 Å². The molecule has 5 aromatic rings. The van der Waals surface area contributed by atoms with Crippen molar-refractivity contribution >= 4 is 0 Å². The molecule has 34 heavy (non-hydrogen) atoms. The highest BCUT2D eigenvalue weighted by molar-refractivity contribution is 5.71. The molecule has 0 aliphatic rings. The number of furan rings is 1. The largest absolute Gasteiger partial charge is 0.463 e. The van der Waals surface area contributed by atoms with Crippen molar-refractivity contribution in [3.63, 3.8) is 0 Å². The fourth-order valence-corrected chi connectivity index (χ4v) is 3.71. The van der Waals surface area contributed by atoms with Gasteiger partial charge in [-0.2, -0.15) is 23.0 Å². The van der Waals surface area contributed by atoms with Gasteiger partial charge in [-0.1, -0.05) is 47.5 Å². The second-order valence-electron chi connectivity index (χ2n) is 7.98. The average Bonchev–Trinajstić information content (AvgIpc) is 3.49. The van der Waals surface area contributed by atoms with Crippen molar-refractivity contribution < 1.29 is 17.6 Å². The van der Waals surface area contributed by atoms with Crippen LogP contribution in [0.2, 0.25) is 0 Å². The topological polar surface area (TPSA) is 56.7 Å². The minimum Gasteiger partial charge on any atom is -0.463 e. The van der Waals surface area contributed by atoms with Gasteiger partial charge in [-0.05, 0) is 50.2 Å². The number of rotatable bonds is 4. The van der Waals surface area contributed by atoms with Crippen LogP contribution in [0.5, 0.6) is 0 Å². The van der Waals surface area contributed by atoms with Crippen molar-refractivity contribution in [2.75, 3.05) is 0 Å². The monoisotopic (exact) mass is 460 g/mol. The molecule has 2 aromatic carbocycles. The lowest BCUT2D eigenvalue weighted by molar-refractivity contribution is -0.141. The van der Waals surface area contributed by atoms with Crippen molar-refractivity contribution in [1.29, 1.82) is 0 Å². The van der Waals surface area contributed by atoms with Crippen molar-refractivity contribution in [3.8, 4) is 39.9 Å². The Morgan fingerprint density at radius 2 is 1.47 bits per heavy atom. The first-order valence-electron chi connectivity index (χ1n) is 10.5. The van der Waals surface area contributed by atoms with Crippen molar-refractivity contribution in [2.24, 2.45) is 0 Å². The molecule has 0 saturated heterocycles. The number of aryl methyl sites for hydroxylation is 2. The first-order valence-corrected chi connectivity index (χ1v) is 10.5. The molecule has 0 aliphatic heterocycles. The van der Waals surface area contributed by atoms with Crippen LogP contribution >= 0.6 is 0 Å². The molecule has 170 valence electrons. The fraction of sp³-hybridized carbons (Fsp3) is 0.115. The molecular weight excluding hydrogens is 441 g/mol. The first kappa shape index (κ1) is 21.6. The fourth-order valence-electron chi connectivity index (χ4n) is 3.71. The third kappa shape index (κ3) is 4.22. The molecule has 0 spiro atoms. The Hall–Kier alpha value is -4.20. The van der Waals surface area contributed by atoms with Gasteiger partial charge in [0.25, 0.3) is 5.95 Å². The van der Waals surface area contributed by atoms with Gasteiger partial charge < -0.3 is 4.42 Å². The summed E-state index contributed by atoms with van der Waals surface area (Å²) in [4.78, 5) is 8.23. The standard InChI is InChI=1S/C26H19F3N4O/c1-16-6-3-8-18(12-16)20-14-22(19-9-4-7-17(2)13-19)33(32-20)25-30-21(23-10-5-11-34-23)15-24(31-25)26(27,28)29/h3-15H,1-2H3. The number of halogens is 3. The van der Waals surface area contributed by atoms with E-state index in [2.05, 4.69) is 15.1 Å². The maximum absolute atomic E-state index is 13.7. The van der Waals surface area contributed by atoms with Gasteiger partial charge in [0.2, 0.25) is 0 Å². The van der Waals surface area contributed by atoms with E-state index in [0.29, 0.717) is 11.4 Å². The predicted molar refractivity (Wildman–Crippen MR) is 122 cm³/mol. The maximum atomic E-state index is 13.7. The second kappa shape index (κ2) is 8.30. The molecule has 3 heterocycles. The number of alkyl halides is 3. The van der Waals surface area contributed by atoms with Gasteiger partial charge >= 0.3 is 6.18 Å². The Kier molecular flexibility index (Phi) is 5.28. The van der Waals surface area contributed by atoms with Crippen LogP contribution in [-0.4, -0.2) is 19.7 Å². The van der Waals surface area contributed by atoms with Gasteiger partial charge in [0.15, 0.2) is 11.5 Å². The molecule has 0 bridgehead atoms. The number of hydrogen-bond acceptors (Lipinski definition) is 4. The molecule has 0 N–H and O–H groups in total. The van der Waals surface area contributed by atoms with Crippen LogP contribution in [0.1, 0.15) is 16.8 Å². The summed E-state index contributed by atoms with van der Waals surface area (Å²) in [5.41, 5.74) is 3.78. The quantitative estimate of drug-likeness (QED) is 0.293. The molecule has 8 heteroatoms. The van der Waals surface area contributed by atoms with Gasteiger partial charge in [-0.3, -0.25) is 0 Å². The lowest BCUT2D eigenvalue weighted by Crippen LogP contribution is -2.14. The van der Waals surface area contributed by atoms with Crippen LogP contribution in [0.3, 0.4) is 0 Å². The van der Waals surface area contributed by atoms with E-state index < -0.39 is 11.9 Å². The van der Waals surface area contributed by atoms with Crippen LogP contribution in [-0.2, 0) is 6.18 Å². The maximum Gasteiger partial charge on any atom is 0.433 e. The molecule has 0 atom stereocenters. The Bertz CT molecular complexity index is 1470. The zero-order valence-electron chi connectivity index (χ0n) is 18.3. The SMILES string of the molecule is Cc1cccc(-c2cc(-c3cccc(C)c3)n(-c3nc(-c4ccco4)cc(C(F)(F)F)n3)n2)c1. The zero-order chi connectivity index (χ0) is 23.9. The molecule has 0 fully saturated rings. The third-order valence-corrected chi connectivity index (χ3v) is 5.30. The number of hydrogen-bond donors (Lipinski definition) is 0. The van der Waals surface area contributed by atoms with Gasteiger partial charge in [-0.25, -0.2) is 9.97 Å². The van der Waals surface area contributed by atoms with Crippen LogP contribution in [0.25, 0.3) is 39.9 Å². The van der Waals surface area contributed by atoms with Crippen LogP contribution < -0.4 is 0 Å². The van der Waals surface area contributed by atoms with Gasteiger partial charge in [0.1, 0.15) is 5.69 Å². The first-order chi connectivity index (χ1) is 16.3. The predicted octanol–water partition coefficient (Wildman–Crippen LogP) is 6.89. The minimum absolute atomic E-state index is 0.0186. The number of benzene rings is 2. The van der Waals surface area contributed by atoms with Crippen molar-refractivity contribution in [3.05, 3.63) is 95.9 Å². The summed E-state index contributed by atoms with van der Waals surface area (Å²) in [7, 11) is 0. The van der Waals surface area contributed by atoms with Gasteiger partial charge in [-0.15, -0.1) is 0 Å².